The average Bonchev–Trinajstić information content (AvgIpc) is 2.98. The molecule has 0 radical (unpaired) electrons. The number of aromatic nitrogens is 1. The van der Waals surface area contributed by atoms with Gasteiger partial charge in [-0.3, -0.25) is 19.4 Å². The predicted molar refractivity (Wildman–Crippen MR) is 174 cm³/mol. The number of amides is 3. The molecule has 43 heavy (non-hydrogen) atoms. The van der Waals surface area contributed by atoms with E-state index >= 15 is 0 Å². The van der Waals surface area contributed by atoms with Crippen molar-refractivity contribution in [2.24, 2.45) is 5.92 Å². The summed E-state index contributed by atoms with van der Waals surface area (Å²) < 4.78 is 0. The summed E-state index contributed by atoms with van der Waals surface area (Å²) in [6, 6.07) is 22.9. The predicted octanol–water partition coefficient (Wildman–Crippen LogP) is 6.50. The van der Waals surface area contributed by atoms with Crippen molar-refractivity contribution in [3.63, 3.8) is 0 Å². The summed E-state index contributed by atoms with van der Waals surface area (Å²) in [5.41, 5.74) is 4.27. The van der Waals surface area contributed by atoms with Crippen LogP contribution in [0.4, 0.5) is 5.69 Å². The minimum atomic E-state index is -0.849. The number of carbonyl (C=O) groups is 3. The number of hydrogen-bond acceptors (Lipinski definition) is 4. The van der Waals surface area contributed by atoms with Crippen LogP contribution >= 0.6 is 11.6 Å². The Labute approximate surface area is 257 Å². The fourth-order valence-electron chi connectivity index (χ4n) is 4.72. The highest BCUT2D eigenvalue weighted by Crippen LogP contribution is 2.25. The molecular formula is C35H37ClN4O3. The maximum atomic E-state index is 13.7. The van der Waals surface area contributed by atoms with E-state index in [0.29, 0.717) is 35.5 Å². The van der Waals surface area contributed by atoms with Crippen LogP contribution in [0.25, 0.3) is 17.0 Å². The molecule has 0 aliphatic rings. The van der Waals surface area contributed by atoms with Gasteiger partial charge in [0, 0.05) is 22.7 Å². The van der Waals surface area contributed by atoms with Crippen LogP contribution in [0.5, 0.6) is 0 Å². The highest BCUT2D eigenvalue weighted by atomic mass is 35.5. The minimum Gasteiger partial charge on any atom is -0.342 e. The van der Waals surface area contributed by atoms with E-state index in [4.69, 9.17) is 11.6 Å². The lowest BCUT2D eigenvalue weighted by Crippen LogP contribution is -2.53. The number of hydrogen-bond donors (Lipinski definition) is 3. The molecule has 0 aliphatic heterocycles. The van der Waals surface area contributed by atoms with Crippen LogP contribution in [-0.4, -0.2) is 34.8 Å². The molecule has 2 atom stereocenters. The van der Waals surface area contributed by atoms with E-state index in [9.17, 15) is 14.4 Å². The molecule has 0 bridgehead atoms. The highest BCUT2D eigenvalue weighted by Gasteiger charge is 2.27. The van der Waals surface area contributed by atoms with Gasteiger partial charge in [-0.1, -0.05) is 85.6 Å². The van der Waals surface area contributed by atoms with Gasteiger partial charge in [-0.15, -0.1) is 0 Å². The quantitative estimate of drug-likeness (QED) is 0.163. The number of carbonyl (C=O) groups excluding carboxylic acids is 3. The molecule has 3 aromatic carbocycles. The number of pyridine rings is 1. The van der Waals surface area contributed by atoms with Crippen molar-refractivity contribution < 1.29 is 14.4 Å². The van der Waals surface area contributed by atoms with Crippen LogP contribution in [0, 0.1) is 12.8 Å². The van der Waals surface area contributed by atoms with E-state index in [-0.39, 0.29) is 17.7 Å². The van der Waals surface area contributed by atoms with Gasteiger partial charge in [0.15, 0.2) is 0 Å². The molecule has 0 spiro atoms. The van der Waals surface area contributed by atoms with E-state index in [1.54, 1.807) is 36.5 Å². The van der Waals surface area contributed by atoms with Crippen LogP contribution in [0.15, 0.2) is 91.1 Å². The molecule has 0 saturated carbocycles. The molecule has 0 fully saturated rings. The van der Waals surface area contributed by atoms with Crippen LogP contribution < -0.4 is 16.0 Å². The molecule has 3 amide bonds. The zero-order valence-electron chi connectivity index (χ0n) is 24.6. The van der Waals surface area contributed by atoms with Crippen molar-refractivity contribution in [1.29, 1.82) is 0 Å². The van der Waals surface area contributed by atoms with Gasteiger partial charge < -0.3 is 16.0 Å². The third-order valence-corrected chi connectivity index (χ3v) is 7.24. The smallest absolute Gasteiger partial charge is 0.246 e. The molecule has 4 aromatic rings. The minimum absolute atomic E-state index is 0.128. The summed E-state index contributed by atoms with van der Waals surface area (Å²) in [6.07, 6.45) is 6.09. The first-order valence-corrected chi connectivity index (χ1v) is 14.8. The van der Waals surface area contributed by atoms with Crippen LogP contribution in [0.3, 0.4) is 0 Å². The van der Waals surface area contributed by atoms with Gasteiger partial charge in [0.05, 0.1) is 11.2 Å². The van der Waals surface area contributed by atoms with E-state index in [0.717, 1.165) is 22.1 Å². The number of rotatable bonds is 12. The Morgan fingerprint density at radius 2 is 1.63 bits per heavy atom. The van der Waals surface area contributed by atoms with E-state index in [1.165, 1.54) is 6.08 Å². The van der Waals surface area contributed by atoms with Crippen molar-refractivity contribution in [2.75, 3.05) is 5.32 Å². The van der Waals surface area contributed by atoms with Crippen LogP contribution in [-0.2, 0) is 20.8 Å². The maximum Gasteiger partial charge on any atom is 0.246 e. The SMILES string of the molecule is Cc1ccc(/C=C/C(=O)N[C@H](CC(C)C)C(=O)N[C@H](CCc2ccccc2)C(=O)Nc2ccnc3cc(Cl)ccc23)cc1. The molecular weight excluding hydrogens is 560 g/mol. The molecule has 1 heterocycles. The Balaban J connectivity index is 1.51. The van der Waals surface area contributed by atoms with Crippen molar-refractivity contribution in [3.8, 4) is 0 Å². The second-order valence-electron chi connectivity index (χ2n) is 11.0. The largest absolute Gasteiger partial charge is 0.342 e. The molecule has 0 aliphatic carbocycles. The lowest BCUT2D eigenvalue weighted by Gasteiger charge is -2.24. The summed E-state index contributed by atoms with van der Waals surface area (Å²) in [4.78, 5) is 44.4. The highest BCUT2D eigenvalue weighted by molar-refractivity contribution is 6.31. The maximum absolute atomic E-state index is 13.7. The lowest BCUT2D eigenvalue weighted by molar-refractivity contribution is -0.130. The average molecular weight is 597 g/mol. The molecule has 0 saturated heterocycles. The molecule has 4 rings (SSSR count). The summed E-state index contributed by atoms with van der Waals surface area (Å²) >= 11 is 6.13. The number of aryl methyl sites for hydroxylation is 2. The van der Waals surface area contributed by atoms with Gasteiger partial charge in [-0.25, -0.2) is 0 Å². The summed E-state index contributed by atoms with van der Waals surface area (Å²) in [6.45, 7) is 5.96. The molecule has 222 valence electrons. The van der Waals surface area contributed by atoms with Gasteiger partial charge in [0.2, 0.25) is 17.7 Å². The second-order valence-corrected chi connectivity index (χ2v) is 11.5. The first-order chi connectivity index (χ1) is 20.7. The van der Waals surface area contributed by atoms with Crippen molar-refractivity contribution >= 4 is 52.0 Å². The summed E-state index contributed by atoms with van der Waals surface area (Å²) in [5, 5.41) is 10.0. The third-order valence-electron chi connectivity index (χ3n) is 7.00. The van der Waals surface area contributed by atoms with Crippen LogP contribution in [0.1, 0.15) is 43.4 Å². The topological polar surface area (TPSA) is 100 Å². The van der Waals surface area contributed by atoms with E-state index in [2.05, 4.69) is 20.9 Å². The molecule has 1 aromatic heterocycles. The number of halogens is 1. The van der Waals surface area contributed by atoms with Gasteiger partial charge >= 0.3 is 0 Å². The number of nitrogens with one attached hydrogen (secondary N) is 3. The van der Waals surface area contributed by atoms with Crippen molar-refractivity contribution in [2.45, 2.75) is 52.1 Å². The normalized spacial score (nSPS) is 12.7. The fraction of sp³-hybridized carbons (Fsp3) is 0.257. The monoisotopic (exact) mass is 596 g/mol. The number of anilines is 1. The fourth-order valence-corrected chi connectivity index (χ4v) is 4.89. The second kappa shape index (κ2) is 15.1. The van der Waals surface area contributed by atoms with Gasteiger partial charge in [-0.2, -0.15) is 0 Å². The first-order valence-electron chi connectivity index (χ1n) is 14.4. The first kappa shape index (κ1) is 31.4. The molecule has 8 heteroatoms. The third kappa shape index (κ3) is 9.51. The van der Waals surface area contributed by atoms with E-state index < -0.39 is 18.0 Å². The Hall–Kier alpha value is -4.49. The molecule has 3 N–H and O–H groups in total. The number of fused-ring (bicyclic) bond motifs is 1. The van der Waals surface area contributed by atoms with Crippen molar-refractivity contribution in [3.05, 3.63) is 113 Å². The Morgan fingerprint density at radius 1 is 0.884 bits per heavy atom. The Bertz CT molecular complexity index is 1590. The molecule has 7 nitrogen and oxygen atoms in total. The Kier molecular flexibility index (Phi) is 11.1. The summed E-state index contributed by atoms with van der Waals surface area (Å²) in [5.74, 6) is -1.02. The van der Waals surface area contributed by atoms with Gasteiger partial charge in [0.1, 0.15) is 12.1 Å². The van der Waals surface area contributed by atoms with Gasteiger partial charge in [0.25, 0.3) is 0 Å². The number of benzene rings is 3. The molecule has 0 unspecified atom stereocenters. The number of nitrogens with zero attached hydrogens (tertiary/aromatic N) is 1. The zero-order valence-corrected chi connectivity index (χ0v) is 25.4. The summed E-state index contributed by atoms with van der Waals surface area (Å²) in [7, 11) is 0. The van der Waals surface area contributed by atoms with Crippen molar-refractivity contribution in [1.82, 2.24) is 15.6 Å². The lowest BCUT2D eigenvalue weighted by atomic mass is 10.0. The van der Waals surface area contributed by atoms with Gasteiger partial charge in [-0.05, 0) is 73.6 Å². The zero-order chi connectivity index (χ0) is 30.8. The Morgan fingerprint density at radius 3 is 2.35 bits per heavy atom. The van der Waals surface area contributed by atoms with Crippen LogP contribution in [0.2, 0.25) is 5.02 Å². The standard InChI is InChI=1S/C35H37ClN4O3/c1-23(2)21-32(38-33(41)18-14-26-11-9-24(3)10-12-26)35(43)40-30(17-13-25-7-5-4-6-8-25)34(42)39-29-19-20-37-31-22-27(36)15-16-28(29)31/h4-12,14-16,18-20,22-23,30,32H,13,17,21H2,1-3H3,(H,38,41)(H,40,43)(H,37,39,42)/b18-14+/t30-,32-/m1/s1. The van der Waals surface area contributed by atoms with E-state index in [1.807, 2.05) is 75.4 Å².